The number of halogens is 1. The highest BCUT2D eigenvalue weighted by Gasteiger charge is 2.21. The predicted molar refractivity (Wildman–Crippen MR) is 72.2 cm³/mol. The van der Waals surface area contributed by atoms with Crippen molar-refractivity contribution in [3.63, 3.8) is 0 Å². The lowest BCUT2D eigenvalue weighted by Gasteiger charge is -2.15. The fourth-order valence-corrected chi connectivity index (χ4v) is 3.45. The van der Waals surface area contributed by atoms with Crippen LogP contribution in [0.25, 0.3) is 0 Å². The highest BCUT2D eigenvalue weighted by molar-refractivity contribution is 7.89. The van der Waals surface area contributed by atoms with Gasteiger partial charge >= 0.3 is 0 Å². The quantitative estimate of drug-likeness (QED) is 0.816. The highest BCUT2D eigenvalue weighted by atomic mass is 35.5. The van der Waals surface area contributed by atoms with Gasteiger partial charge in [-0.1, -0.05) is 17.7 Å². The minimum Gasteiger partial charge on any atom is -0.243 e. The van der Waals surface area contributed by atoms with E-state index in [9.17, 15) is 8.42 Å². The second kappa shape index (κ2) is 5.36. The van der Waals surface area contributed by atoms with Gasteiger partial charge in [-0.2, -0.15) is 4.31 Å². The lowest BCUT2D eigenvalue weighted by atomic mass is 10.5. The number of hydrogen-bond acceptors (Lipinski definition) is 4. The van der Waals surface area contributed by atoms with E-state index >= 15 is 0 Å². The Morgan fingerprint density at radius 1 is 1.39 bits per heavy atom. The van der Waals surface area contributed by atoms with Gasteiger partial charge in [-0.05, 0) is 23.6 Å². The standard InChI is InChI=1S/C11H11ClN2O2S2/c1-14(8-9-3-2-6-17-9)18(15,16)10-4-5-11(12)13-7-10/h2-7H,8H2,1H3. The maximum absolute atomic E-state index is 12.2. The Balaban J connectivity index is 2.22. The smallest absolute Gasteiger partial charge is 0.243 e. The Bertz CT molecular complexity index is 609. The first-order chi connectivity index (χ1) is 8.50. The first kappa shape index (κ1) is 13.5. The zero-order chi connectivity index (χ0) is 13.2. The highest BCUT2D eigenvalue weighted by Crippen LogP contribution is 2.19. The molecule has 0 N–H and O–H groups in total. The van der Waals surface area contributed by atoms with Crippen LogP contribution >= 0.6 is 22.9 Å². The number of pyridine rings is 1. The van der Waals surface area contributed by atoms with Crippen molar-refractivity contribution in [2.75, 3.05) is 7.05 Å². The van der Waals surface area contributed by atoms with E-state index in [2.05, 4.69) is 4.98 Å². The summed E-state index contributed by atoms with van der Waals surface area (Å²) >= 11 is 7.16. The summed E-state index contributed by atoms with van der Waals surface area (Å²) in [6.45, 7) is 0.350. The van der Waals surface area contributed by atoms with Crippen molar-refractivity contribution < 1.29 is 8.42 Å². The number of nitrogens with zero attached hydrogens (tertiary/aromatic N) is 2. The van der Waals surface area contributed by atoms with Crippen LogP contribution in [0, 0.1) is 0 Å². The lowest BCUT2D eigenvalue weighted by Crippen LogP contribution is -2.26. The van der Waals surface area contributed by atoms with Crippen molar-refractivity contribution in [1.29, 1.82) is 0 Å². The molecule has 0 unspecified atom stereocenters. The Morgan fingerprint density at radius 3 is 2.72 bits per heavy atom. The van der Waals surface area contributed by atoms with Crippen molar-refractivity contribution in [2.45, 2.75) is 11.4 Å². The second-order valence-electron chi connectivity index (χ2n) is 3.66. The first-order valence-corrected chi connectivity index (χ1v) is 7.80. The maximum Gasteiger partial charge on any atom is 0.244 e. The SMILES string of the molecule is CN(Cc1cccs1)S(=O)(=O)c1ccc(Cl)nc1. The maximum atomic E-state index is 12.2. The van der Waals surface area contributed by atoms with E-state index < -0.39 is 10.0 Å². The van der Waals surface area contributed by atoms with Gasteiger partial charge in [-0.15, -0.1) is 11.3 Å². The van der Waals surface area contributed by atoms with Crippen molar-refractivity contribution in [1.82, 2.24) is 9.29 Å². The molecular weight excluding hydrogens is 292 g/mol. The average Bonchev–Trinajstić information content (AvgIpc) is 2.82. The van der Waals surface area contributed by atoms with Crippen LogP contribution in [0.4, 0.5) is 0 Å². The van der Waals surface area contributed by atoms with Gasteiger partial charge < -0.3 is 0 Å². The van der Waals surface area contributed by atoms with Crippen molar-refractivity contribution in [2.24, 2.45) is 0 Å². The predicted octanol–water partition coefficient (Wildman–Crippen LogP) is 2.62. The van der Waals surface area contributed by atoms with Gasteiger partial charge in [-0.3, -0.25) is 0 Å². The zero-order valence-electron chi connectivity index (χ0n) is 9.58. The number of hydrogen-bond donors (Lipinski definition) is 0. The van der Waals surface area contributed by atoms with Gasteiger partial charge in [-0.25, -0.2) is 13.4 Å². The van der Waals surface area contributed by atoms with E-state index in [1.54, 1.807) is 7.05 Å². The molecule has 0 amide bonds. The van der Waals surface area contributed by atoms with E-state index in [0.29, 0.717) is 6.54 Å². The van der Waals surface area contributed by atoms with Crippen LogP contribution < -0.4 is 0 Å². The van der Waals surface area contributed by atoms with Crippen LogP contribution in [-0.4, -0.2) is 24.8 Å². The molecule has 0 aliphatic heterocycles. The largest absolute Gasteiger partial charge is 0.244 e. The van der Waals surface area contributed by atoms with E-state index in [1.165, 1.54) is 34.0 Å². The van der Waals surface area contributed by atoms with Gasteiger partial charge in [0.1, 0.15) is 10.0 Å². The monoisotopic (exact) mass is 302 g/mol. The summed E-state index contributed by atoms with van der Waals surface area (Å²) in [5.74, 6) is 0. The van der Waals surface area contributed by atoms with Gasteiger partial charge in [0.2, 0.25) is 10.0 Å². The summed E-state index contributed by atoms with van der Waals surface area (Å²) in [5.41, 5.74) is 0. The Labute approximate surface area is 115 Å². The van der Waals surface area contributed by atoms with Crippen LogP contribution in [0.2, 0.25) is 5.15 Å². The Hall–Kier alpha value is -0.950. The number of thiophene rings is 1. The van der Waals surface area contributed by atoms with Crippen LogP contribution in [0.5, 0.6) is 0 Å². The number of aromatic nitrogens is 1. The third-order valence-corrected chi connectivity index (χ3v) is 5.24. The molecule has 0 fully saturated rings. The molecule has 7 heteroatoms. The minimum absolute atomic E-state index is 0.144. The molecule has 0 spiro atoms. The lowest BCUT2D eigenvalue weighted by molar-refractivity contribution is 0.469. The molecule has 0 bridgehead atoms. The summed E-state index contributed by atoms with van der Waals surface area (Å²) in [4.78, 5) is 4.92. The molecule has 2 heterocycles. The molecule has 4 nitrogen and oxygen atoms in total. The molecule has 96 valence electrons. The third kappa shape index (κ3) is 2.89. The van der Waals surface area contributed by atoms with Crippen molar-refractivity contribution >= 4 is 33.0 Å². The summed E-state index contributed by atoms with van der Waals surface area (Å²) in [7, 11) is -1.97. The molecule has 0 aromatic carbocycles. The molecule has 2 aromatic heterocycles. The topological polar surface area (TPSA) is 50.3 Å². The van der Waals surface area contributed by atoms with Gasteiger partial charge in [0.15, 0.2) is 0 Å². The molecular formula is C11H11ClN2O2S2. The average molecular weight is 303 g/mol. The molecule has 2 aromatic rings. The number of rotatable bonds is 4. The van der Waals surface area contributed by atoms with E-state index in [4.69, 9.17) is 11.6 Å². The second-order valence-corrected chi connectivity index (χ2v) is 7.12. The molecule has 18 heavy (non-hydrogen) atoms. The van der Waals surface area contributed by atoms with Crippen LogP contribution in [0.1, 0.15) is 4.88 Å². The van der Waals surface area contributed by atoms with E-state index in [0.717, 1.165) is 4.88 Å². The molecule has 0 saturated carbocycles. The van der Waals surface area contributed by atoms with Gasteiger partial charge in [0, 0.05) is 24.7 Å². The molecule has 0 atom stereocenters. The molecule has 0 aliphatic carbocycles. The van der Waals surface area contributed by atoms with Crippen LogP contribution in [-0.2, 0) is 16.6 Å². The fourth-order valence-electron chi connectivity index (χ4n) is 1.40. The summed E-state index contributed by atoms with van der Waals surface area (Å²) in [5, 5.41) is 2.19. The van der Waals surface area contributed by atoms with Gasteiger partial charge in [0.25, 0.3) is 0 Å². The zero-order valence-corrected chi connectivity index (χ0v) is 12.0. The van der Waals surface area contributed by atoms with Crippen molar-refractivity contribution in [3.8, 4) is 0 Å². The number of sulfonamides is 1. The molecule has 0 radical (unpaired) electrons. The normalized spacial score (nSPS) is 11.9. The van der Waals surface area contributed by atoms with Crippen molar-refractivity contribution in [3.05, 3.63) is 45.9 Å². The van der Waals surface area contributed by atoms with E-state index in [1.807, 2.05) is 17.5 Å². The van der Waals surface area contributed by atoms with E-state index in [-0.39, 0.29) is 10.0 Å². The molecule has 0 saturated heterocycles. The van der Waals surface area contributed by atoms with Crippen LogP contribution in [0.3, 0.4) is 0 Å². The Kier molecular flexibility index (Phi) is 4.01. The minimum atomic E-state index is -3.51. The third-order valence-electron chi connectivity index (χ3n) is 2.37. The molecule has 0 aliphatic rings. The van der Waals surface area contributed by atoms with Crippen LogP contribution in [0.15, 0.2) is 40.7 Å². The van der Waals surface area contributed by atoms with Gasteiger partial charge in [0.05, 0.1) is 0 Å². The Morgan fingerprint density at radius 2 is 2.17 bits per heavy atom. The summed E-state index contributed by atoms with van der Waals surface area (Å²) in [6, 6.07) is 6.71. The summed E-state index contributed by atoms with van der Waals surface area (Å²) < 4.78 is 25.7. The summed E-state index contributed by atoms with van der Waals surface area (Å²) in [6.07, 6.45) is 1.27. The fraction of sp³-hybridized carbons (Fsp3) is 0.182. The first-order valence-electron chi connectivity index (χ1n) is 5.10. The molecule has 2 rings (SSSR count).